The monoisotopic (exact) mass is 337 g/mol. The first-order valence-electron chi connectivity index (χ1n) is 7.32. The predicted molar refractivity (Wildman–Crippen MR) is 89.7 cm³/mol. The summed E-state index contributed by atoms with van der Waals surface area (Å²) in [5.74, 6) is 0.552. The van der Waals surface area contributed by atoms with E-state index < -0.39 is 5.91 Å². The Hall–Kier alpha value is -2.77. The minimum Gasteiger partial charge on any atom is -0.493 e. The lowest BCUT2D eigenvalue weighted by molar-refractivity contribution is -0.129. The number of nitrogens with one attached hydrogen (secondary N) is 2. The van der Waals surface area contributed by atoms with Crippen LogP contribution in [0.1, 0.15) is 25.8 Å². The summed E-state index contributed by atoms with van der Waals surface area (Å²) in [7, 11) is 4.53. The SMILES string of the molecule is COc1cc(/C=N\NC(=O)CC(=O)NC(C)C)cc(OC)c1OC. The largest absolute Gasteiger partial charge is 0.493 e. The zero-order valence-corrected chi connectivity index (χ0v) is 14.5. The summed E-state index contributed by atoms with van der Waals surface area (Å²) in [6.07, 6.45) is 1.13. The molecule has 1 rings (SSSR count). The number of amides is 2. The molecule has 0 aliphatic rings. The van der Waals surface area contributed by atoms with Crippen molar-refractivity contribution in [1.82, 2.24) is 10.7 Å². The van der Waals surface area contributed by atoms with Crippen LogP contribution in [0.5, 0.6) is 17.2 Å². The maximum absolute atomic E-state index is 11.6. The van der Waals surface area contributed by atoms with E-state index >= 15 is 0 Å². The molecule has 0 aliphatic heterocycles. The van der Waals surface area contributed by atoms with Crippen molar-refractivity contribution in [2.24, 2.45) is 5.10 Å². The normalized spacial score (nSPS) is 10.6. The molecule has 0 aliphatic carbocycles. The molecule has 8 heteroatoms. The van der Waals surface area contributed by atoms with E-state index in [2.05, 4.69) is 15.8 Å². The van der Waals surface area contributed by atoms with Crippen molar-refractivity contribution in [1.29, 1.82) is 0 Å². The van der Waals surface area contributed by atoms with E-state index in [9.17, 15) is 9.59 Å². The van der Waals surface area contributed by atoms with Gasteiger partial charge >= 0.3 is 0 Å². The molecule has 0 atom stereocenters. The first-order valence-corrected chi connectivity index (χ1v) is 7.32. The molecule has 24 heavy (non-hydrogen) atoms. The number of carbonyl (C=O) groups excluding carboxylic acids is 2. The van der Waals surface area contributed by atoms with Gasteiger partial charge in [0.1, 0.15) is 6.42 Å². The van der Waals surface area contributed by atoms with Gasteiger partial charge in [-0.25, -0.2) is 5.43 Å². The van der Waals surface area contributed by atoms with E-state index in [1.807, 2.05) is 13.8 Å². The van der Waals surface area contributed by atoms with Gasteiger partial charge in [0.15, 0.2) is 11.5 Å². The molecule has 0 spiro atoms. The number of hydrogen-bond donors (Lipinski definition) is 2. The van der Waals surface area contributed by atoms with Crippen LogP contribution in [0, 0.1) is 0 Å². The van der Waals surface area contributed by atoms with Gasteiger partial charge in [0.25, 0.3) is 0 Å². The van der Waals surface area contributed by atoms with E-state index in [-0.39, 0.29) is 18.4 Å². The van der Waals surface area contributed by atoms with Crippen molar-refractivity contribution < 1.29 is 23.8 Å². The van der Waals surface area contributed by atoms with Crippen LogP contribution in [-0.2, 0) is 9.59 Å². The molecular weight excluding hydrogens is 314 g/mol. The maximum Gasteiger partial charge on any atom is 0.249 e. The number of methoxy groups -OCH3 is 3. The van der Waals surface area contributed by atoms with Crippen LogP contribution in [-0.4, -0.2) is 45.4 Å². The van der Waals surface area contributed by atoms with Gasteiger partial charge < -0.3 is 19.5 Å². The Labute approximate surface area is 141 Å². The van der Waals surface area contributed by atoms with Crippen molar-refractivity contribution in [3.63, 3.8) is 0 Å². The smallest absolute Gasteiger partial charge is 0.249 e. The van der Waals surface area contributed by atoms with E-state index in [0.717, 1.165) is 0 Å². The van der Waals surface area contributed by atoms with Gasteiger partial charge in [-0.1, -0.05) is 0 Å². The quantitative estimate of drug-likeness (QED) is 0.420. The average Bonchev–Trinajstić information content (AvgIpc) is 2.52. The fourth-order valence-corrected chi connectivity index (χ4v) is 1.91. The molecular formula is C16H23N3O5. The van der Waals surface area contributed by atoms with Gasteiger partial charge in [0, 0.05) is 11.6 Å². The second kappa shape index (κ2) is 9.39. The maximum atomic E-state index is 11.6. The van der Waals surface area contributed by atoms with Crippen LogP contribution in [0.4, 0.5) is 0 Å². The third-order valence-electron chi connectivity index (χ3n) is 2.86. The summed E-state index contributed by atoms with van der Waals surface area (Å²) in [5.41, 5.74) is 2.93. The Balaban J connectivity index is 2.73. The summed E-state index contributed by atoms with van der Waals surface area (Å²) < 4.78 is 15.7. The fraction of sp³-hybridized carbons (Fsp3) is 0.438. The Morgan fingerprint density at radius 1 is 1.08 bits per heavy atom. The molecule has 0 fully saturated rings. The Morgan fingerprint density at radius 3 is 2.12 bits per heavy atom. The summed E-state index contributed by atoms with van der Waals surface area (Å²) in [4.78, 5) is 23.1. The van der Waals surface area contributed by atoms with Crippen molar-refractivity contribution in [2.75, 3.05) is 21.3 Å². The Morgan fingerprint density at radius 2 is 1.67 bits per heavy atom. The Bertz CT molecular complexity index is 589. The molecule has 0 radical (unpaired) electrons. The molecule has 2 amide bonds. The van der Waals surface area contributed by atoms with E-state index in [4.69, 9.17) is 14.2 Å². The number of rotatable bonds is 8. The molecule has 0 bridgehead atoms. The fourth-order valence-electron chi connectivity index (χ4n) is 1.91. The highest BCUT2D eigenvalue weighted by atomic mass is 16.5. The van der Waals surface area contributed by atoms with Crippen molar-refractivity contribution in [2.45, 2.75) is 26.3 Å². The number of benzene rings is 1. The van der Waals surface area contributed by atoms with Crippen LogP contribution >= 0.6 is 0 Å². The third-order valence-corrected chi connectivity index (χ3v) is 2.86. The van der Waals surface area contributed by atoms with Crippen LogP contribution in [0.25, 0.3) is 0 Å². The summed E-state index contributed by atoms with van der Waals surface area (Å²) in [6, 6.07) is 3.35. The second-order valence-corrected chi connectivity index (χ2v) is 5.15. The van der Waals surface area contributed by atoms with Crippen molar-refractivity contribution >= 4 is 18.0 Å². The minimum absolute atomic E-state index is 0.0203. The zero-order valence-electron chi connectivity index (χ0n) is 14.5. The lowest BCUT2D eigenvalue weighted by Crippen LogP contribution is -2.34. The molecule has 1 aromatic carbocycles. The number of nitrogens with zero attached hydrogens (tertiary/aromatic N) is 1. The standard InChI is InChI=1S/C16H23N3O5/c1-10(2)18-14(20)8-15(21)19-17-9-11-6-12(22-3)16(24-5)13(7-11)23-4/h6-7,9-10H,8H2,1-5H3,(H,18,20)(H,19,21)/b17-9-. The lowest BCUT2D eigenvalue weighted by atomic mass is 10.2. The van der Waals surface area contributed by atoms with Gasteiger partial charge in [-0.3, -0.25) is 9.59 Å². The zero-order chi connectivity index (χ0) is 18.1. The molecule has 0 heterocycles. The molecule has 0 saturated heterocycles. The van der Waals surface area contributed by atoms with Crippen LogP contribution in [0.15, 0.2) is 17.2 Å². The number of carbonyl (C=O) groups is 2. The van der Waals surface area contributed by atoms with Crippen LogP contribution in [0.3, 0.4) is 0 Å². The molecule has 0 saturated carbocycles. The Kier molecular flexibility index (Phi) is 7.54. The minimum atomic E-state index is -0.503. The second-order valence-electron chi connectivity index (χ2n) is 5.15. The van der Waals surface area contributed by atoms with E-state index in [1.54, 1.807) is 12.1 Å². The molecule has 8 nitrogen and oxygen atoms in total. The van der Waals surface area contributed by atoms with Gasteiger partial charge in [0.05, 0.1) is 27.5 Å². The first-order chi connectivity index (χ1) is 11.4. The van der Waals surface area contributed by atoms with Crippen molar-refractivity contribution in [3.05, 3.63) is 17.7 Å². The molecule has 132 valence electrons. The average molecular weight is 337 g/mol. The van der Waals surface area contributed by atoms with Gasteiger partial charge in [-0.15, -0.1) is 0 Å². The highest BCUT2D eigenvalue weighted by Crippen LogP contribution is 2.37. The third kappa shape index (κ3) is 5.79. The molecule has 0 unspecified atom stereocenters. The highest BCUT2D eigenvalue weighted by molar-refractivity contribution is 5.97. The van der Waals surface area contributed by atoms with Crippen LogP contribution in [0.2, 0.25) is 0 Å². The lowest BCUT2D eigenvalue weighted by Gasteiger charge is -2.12. The molecule has 1 aromatic rings. The van der Waals surface area contributed by atoms with E-state index in [0.29, 0.717) is 22.8 Å². The first kappa shape index (κ1) is 19.3. The molecule has 0 aromatic heterocycles. The summed E-state index contributed by atoms with van der Waals surface area (Å²) >= 11 is 0. The van der Waals surface area contributed by atoms with Gasteiger partial charge in [-0.2, -0.15) is 5.10 Å². The van der Waals surface area contributed by atoms with Gasteiger partial charge in [-0.05, 0) is 26.0 Å². The number of ether oxygens (including phenoxy) is 3. The highest BCUT2D eigenvalue weighted by Gasteiger charge is 2.12. The van der Waals surface area contributed by atoms with E-state index in [1.165, 1.54) is 27.5 Å². The predicted octanol–water partition coefficient (Wildman–Crippen LogP) is 1.08. The van der Waals surface area contributed by atoms with Gasteiger partial charge in [0.2, 0.25) is 17.6 Å². The number of hydrazone groups is 1. The topological polar surface area (TPSA) is 98.2 Å². The summed E-state index contributed by atoms with van der Waals surface area (Å²) in [6.45, 7) is 3.64. The van der Waals surface area contributed by atoms with Crippen LogP contribution < -0.4 is 25.0 Å². The number of hydrogen-bond acceptors (Lipinski definition) is 6. The summed E-state index contributed by atoms with van der Waals surface area (Å²) in [5, 5.41) is 6.45. The van der Waals surface area contributed by atoms with Crippen molar-refractivity contribution in [3.8, 4) is 17.2 Å². The molecule has 2 N–H and O–H groups in total.